The molecule has 36 heavy (non-hydrogen) atoms. The number of epoxide rings is 1. The molecule has 6 unspecified atom stereocenters. The molecule has 0 bridgehead atoms. The van der Waals surface area contributed by atoms with Crippen molar-refractivity contribution >= 4 is 11.8 Å². The Bertz CT molecular complexity index is 996. The number of ether oxygens (including phenoxy) is 2. The van der Waals surface area contributed by atoms with Gasteiger partial charge in [-0.25, -0.2) is 4.90 Å². The van der Waals surface area contributed by atoms with E-state index in [2.05, 4.69) is 45.1 Å². The number of amides is 2. The summed E-state index contributed by atoms with van der Waals surface area (Å²) in [7, 11) is 1.78. The van der Waals surface area contributed by atoms with Crippen LogP contribution in [-0.4, -0.2) is 67.1 Å². The van der Waals surface area contributed by atoms with E-state index < -0.39 is 0 Å². The Morgan fingerprint density at radius 1 is 1.11 bits per heavy atom. The first-order valence-electron chi connectivity index (χ1n) is 13.9. The number of hydrogen-bond acceptors (Lipinski definition) is 6. The highest BCUT2D eigenvalue weighted by atomic mass is 16.6. The smallest absolute Gasteiger partial charge is 0.238 e. The summed E-state index contributed by atoms with van der Waals surface area (Å²) in [6, 6.07) is 7.93. The van der Waals surface area contributed by atoms with Crippen LogP contribution in [0.4, 0.5) is 0 Å². The monoisotopic (exact) mass is 496 g/mol. The predicted molar refractivity (Wildman–Crippen MR) is 135 cm³/mol. The Kier molecular flexibility index (Phi) is 6.56. The van der Waals surface area contributed by atoms with E-state index in [0.717, 1.165) is 57.8 Å². The van der Waals surface area contributed by atoms with E-state index in [1.165, 1.54) is 11.1 Å². The predicted octanol–water partition coefficient (Wildman–Crippen LogP) is 2.38. The van der Waals surface area contributed by atoms with Gasteiger partial charge in [0.1, 0.15) is 18.6 Å². The van der Waals surface area contributed by atoms with E-state index in [1.54, 1.807) is 7.05 Å². The Morgan fingerprint density at radius 2 is 1.92 bits per heavy atom. The van der Waals surface area contributed by atoms with Crippen LogP contribution >= 0.6 is 0 Å². The second kappa shape index (κ2) is 9.71. The minimum atomic E-state index is -0.272. The summed E-state index contributed by atoms with van der Waals surface area (Å²) >= 11 is 0. The molecule has 7 atom stereocenters. The van der Waals surface area contributed by atoms with Crippen LogP contribution in [0.15, 0.2) is 24.3 Å². The molecule has 3 aliphatic heterocycles. The number of carbonyl (C=O) groups excluding carboxylic acids is 2. The van der Waals surface area contributed by atoms with E-state index in [4.69, 9.17) is 9.47 Å². The van der Waals surface area contributed by atoms with Gasteiger partial charge in [-0.05, 0) is 75.5 Å². The highest BCUT2D eigenvalue weighted by molar-refractivity contribution is 5.84. The molecule has 1 aromatic rings. The molecule has 1 spiro atoms. The lowest BCUT2D eigenvalue weighted by Gasteiger charge is -2.36. The summed E-state index contributed by atoms with van der Waals surface area (Å²) in [5, 5.41) is 9.63. The van der Waals surface area contributed by atoms with Crippen molar-refractivity contribution < 1.29 is 19.1 Å². The molecule has 196 valence electrons. The average molecular weight is 497 g/mol. The van der Waals surface area contributed by atoms with Crippen molar-refractivity contribution in [2.45, 2.75) is 107 Å². The topological polar surface area (TPSA) is 95.2 Å². The SMILES string of the molecule is CN[C@@H](C)C(=O)NC1CCOC2CC3(CCCC3)C(C(=O)NC3CCCc4ccccc43)N2C2OC12. The molecular weight excluding hydrogens is 456 g/mol. The molecular formula is C28H40N4O4. The van der Waals surface area contributed by atoms with Gasteiger partial charge in [-0.2, -0.15) is 0 Å². The standard InChI is InChI=1S/C28H40N4O4/c1-17(29-2)25(33)31-21-12-15-35-22-16-28(13-5-6-14-28)24(32(22)27-23(21)36-27)26(34)30-20-11-7-9-18-8-3-4-10-19(18)20/h3-4,8,10,17,20-24,27,29H,5-7,9,11-16H2,1-2H3,(H,30,34)(H,31,33)/t17-,20?,21?,22?,23?,24?,27?/m0/s1. The molecule has 3 saturated heterocycles. The van der Waals surface area contributed by atoms with E-state index in [0.29, 0.717) is 6.61 Å². The van der Waals surface area contributed by atoms with Crippen LogP contribution in [0.5, 0.6) is 0 Å². The molecule has 1 saturated carbocycles. The summed E-state index contributed by atoms with van der Waals surface area (Å²) in [5.41, 5.74) is 2.55. The van der Waals surface area contributed by atoms with E-state index in [-0.39, 0.29) is 60.0 Å². The van der Waals surface area contributed by atoms with E-state index in [1.807, 2.05) is 6.92 Å². The van der Waals surface area contributed by atoms with Crippen LogP contribution in [0.2, 0.25) is 0 Å². The van der Waals surface area contributed by atoms with Crippen molar-refractivity contribution in [3.63, 3.8) is 0 Å². The molecule has 3 N–H and O–H groups in total. The summed E-state index contributed by atoms with van der Waals surface area (Å²) in [4.78, 5) is 29.0. The molecule has 8 nitrogen and oxygen atoms in total. The first-order valence-corrected chi connectivity index (χ1v) is 13.9. The summed E-state index contributed by atoms with van der Waals surface area (Å²) < 4.78 is 12.7. The number of nitrogens with one attached hydrogen (secondary N) is 3. The fraction of sp³-hybridized carbons (Fsp3) is 0.714. The van der Waals surface area contributed by atoms with Gasteiger partial charge in [0.15, 0.2) is 0 Å². The number of likely N-dealkylation sites (N-methyl/N-ethyl adjacent to an activating group) is 1. The quantitative estimate of drug-likeness (QED) is 0.542. The summed E-state index contributed by atoms with van der Waals surface area (Å²) in [6.07, 6.45) is 8.76. The van der Waals surface area contributed by atoms with Crippen molar-refractivity contribution in [1.82, 2.24) is 20.9 Å². The number of hydrogen-bond donors (Lipinski definition) is 3. The van der Waals surface area contributed by atoms with Crippen molar-refractivity contribution in [2.75, 3.05) is 13.7 Å². The molecule has 0 radical (unpaired) electrons. The Balaban J connectivity index is 1.24. The van der Waals surface area contributed by atoms with E-state index >= 15 is 0 Å². The first-order chi connectivity index (χ1) is 17.5. The van der Waals surface area contributed by atoms with Crippen molar-refractivity contribution in [3.8, 4) is 0 Å². The van der Waals surface area contributed by atoms with Gasteiger partial charge in [-0.1, -0.05) is 37.1 Å². The van der Waals surface area contributed by atoms with Gasteiger partial charge < -0.3 is 25.4 Å². The maximum Gasteiger partial charge on any atom is 0.238 e. The lowest BCUT2D eigenvalue weighted by Crippen LogP contribution is -2.56. The minimum absolute atomic E-state index is 0.0344. The van der Waals surface area contributed by atoms with Crippen LogP contribution in [0.1, 0.15) is 75.5 Å². The molecule has 6 rings (SSSR count). The zero-order chi connectivity index (χ0) is 24.9. The van der Waals surface area contributed by atoms with Crippen molar-refractivity contribution in [1.29, 1.82) is 0 Å². The van der Waals surface area contributed by atoms with Gasteiger partial charge in [0.25, 0.3) is 0 Å². The first kappa shape index (κ1) is 24.3. The van der Waals surface area contributed by atoms with Gasteiger partial charge in [0.2, 0.25) is 11.8 Å². The second-order valence-electron chi connectivity index (χ2n) is 11.5. The van der Waals surface area contributed by atoms with E-state index in [9.17, 15) is 9.59 Å². The molecule has 1 aromatic carbocycles. The highest BCUT2D eigenvalue weighted by Gasteiger charge is 2.64. The third-order valence-electron chi connectivity index (χ3n) is 9.41. The van der Waals surface area contributed by atoms with Gasteiger partial charge in [-0.15, -0.1) is 0 Å². The lowest BCUT2D eigenvalue weighted by molar-refractivity contribution is -0.136. The van der Waals surface area contributed by atoms with Crippen LogP contribution in [0.3, 0.4) is 0 Å². The molecule has 3 heterocycles. The third kappa shape index (κ3) is 4.26. The fourth-order valence-corrected chi connectivity index (χ4v) is 7.37. The molecule has 0 aromatic heterocycles. The van der Waals surface area contributed by atoms with Crippen LogP contribution in [-0.2, 0) is 25.5 Å². The van der Waals surface area contributed by atoms with Gasteiger partial charge >= 0.3 is 0 Å². The summed E-state index contributed by atoms with van der Waals surface area (Å²) in [5.74, 6) is 0.0803. The van der Waals surface area contributed by atoms with Crippen LogP contribution < -0.4 is 16.0 Å². The van der Waals surface area contributed by atoms with Gasteiger partial charge in [0.05, 0.1) is 30.8 Å². The molecule has 2 amide bonds. The second-order valence-corrected chi connectivity index (χ2v) is 11.5. The average Bonchev–Trinajstić information content (AvgIpc) is 3.40. The molecule has 8 heteroatoms. The Labute approximate surface area is 213 Å². The maximum atomic E-state index is 14.1. The summed E-state index contributed by atoms with van der Waals surface area (Å²) in [6.45, 7) is 2.40. The largest absolute Gasteiger partial charge is 0.363 e. The molecule has 2 aliphatic carbocycles. The molecule has 5 aliphatic rings. The minimum Gasteiger partial charge on any atom is -0.363 e. The zero-order valence-electron chi connectivity index (χ0n) is 21.5. The number of aryl methyl sites for hydroxylation is 1. The zero-order valence-corrected chi connectivity index (χ0v) is 21.5. The number of benzene rings is 1. The third-order valence-corrected chi connectivity index (χ3v) is 9.41. The van der Waals surface area contributed by atoms with Gasteiger partial charge in [0, 0.05) is 0 Å². The highest BCUT2D eigenvalue weighted by Crippen LogP contribution is 2.55. The fourth-order valence-electron chi connectivity index (χ4n) is 7.37. The number of fused-ring (bicyclic) bond motifs is 4. The number of rotatable bonds is 5. The normalized spacial score (nSPS) is 35.6. The number of nitrogens with zero attached hydrogens (tertiary/aromatic N) is 1. The van der Waals surface area contributed by atoms with Crippen LogP contribution in [0, 0.1) is 5.41 Å². The van der Waals surface area contributed by atoms with Crippen molar-refractivity contribution in [2.24, 2.45) is 5.41 Å². The van der Waals surface area contributed by atoms with Crippen molar-refractivity contribution in [3.05, 3.63) is 35.4 Å². The maximum absolute atomic E-state index is 14.1. The lowest BCUT2D eigenvalue weighted by atomic mass is 9.77. The van der Waals surface area contributed by atoms with Crippen LogP contribution in [0.25, 0.3) is 0 Å². The Morgan fingerprint density at radius 3 is 2.72 bits per heavy atom. The Hall–Kier alpha value is -2.00. The van der Waals surface area contributed by atoms with Gasteiger partial charge in [-0.3, -0.25) is 9.59 Å². The number of carbonyl (C=O) groups is 2. The molecule has 4 fully saturated rings.